The lowest BCUT2D eigenvalue weighted by Crippen LogP contribution is -2.46. The smallest absolute Gasteiger partial charge is 0.251 e. The quantitative estimate of drug-likeness (QED) is 0.147. The van der Waals surface area contributed by atoms with Crippen molar-refractivity contribution in [3.8, 4) is 0 Å². The largest absolute Gasteiger partial charge is 0.398 e. The molecule has 0 saturated carbocycles. The van der Waals surface area contributed by atoms with Crippen LogP contribution >= 0.6 is 11.8 Å². The number of aliphatic hydroxyl groups is 1. The highest BCUT2D eigenvalue weighted by Gasteiger charge is 2.26. The Balaban J connectivity index is 1.59. The average molecular weight is 557 g/mol. The van der Waals surface area contributed by atoms with E-state index in [-0.39, 0.29) is 18.2 Å². The van der Waals surface area contributed by atoms with Gasteiger partial charge in [-0.25, -0.2) is 0 Å². The summed E-state index contributed by atoms with van der Waals surface area (Å²) in [6.07, 6.45) is -0.780. The van der Waals surface area contributed by atoms with Crippen molar-refractivity contribution in [3.63, 3.8) is 0 Å². The molecule has 4 aromatic rings. The number of anilines is 1. The predicted octanol–water partition coefficient (Wildman–Crippen LogP) is 5.75. The van der Waals surface area contributed by atoms with Crippen molar-refractivity contribution in [1.29, 1.82) is 0 Å². The Kier molecular flexibility index (Phi) is 8.72. The van der Waals surface area contributed by atoms with E-state index in [9.17, 15) is 14.7 Å². The molecule has 0 saturated heterocycles. The van der Waals surface area contributed by atoms with Crippen molar-refractivity contribution in [2.45, 2.75) is 56.7 Å². The maximum atomic E-state index is 13.4. The van der Waals surface area contributed by atoms with Gasteiger partial charge in [0.05, 0.1) is 12.1 Å². The molecule has 0 heterocycles. The lowest BCUT2D eigenvalue weighted by molar-refractivity contribution is 0.0849. The first kappa shape index (κ1) is 27.7. The number of carbonyl (C=O) groups excluding carboxylic acids is 2. The molecule has 0 aliphatic carbocycles. The summed E-state index contributed by atoms with van der Waals surface area (Å²) in [5.74, 6) is -0.125. The molecule has 5 N–H and O–H groups in total. The minimum absolute atomic E-state index is 0.185. The van der Waals surface area contributed by atoms with E-state index in [1.54, 1.807) is 49.0 Å². The highest BCUT2D eigenvalue weighted by molar-refractivity contribution is 7.99. The number of thioether (sulfide) groups is 1. The number of hydrogen-bond donors (Lipinski definition) is 4. The third-order valence-electron chi connectivity index (χ3n) is 6.69. The molecule has 2 amide bonds. The molecule has 4 aromatic carbocycles. The molecule has 0 unspecified atom stereocenters. The summed E-state index contributed by atoms with van der Waals surface area (Å²) in [5.41, 5.74) is 4.79. The minimum atomic E-state index is -0.965. The number of nitrogen functional groups attached to an aromatic ring is 1. The van der Waals surface area contributed by atoms with E-state index in [1.807, 2.05) is 51.1 Å². The molecule has 0 aromatic heterocycles. The molecule has 6 nitrogen and oxygen atoms in total. The van der Waals surface area contributed by atoms with Crippen LogP contribution in [0.15, 0.2) is 89.8 Å². The second-order valence-electron chi connectivity index (χ2n) is 11.0. The molecule has 0 fully saturated rings. The van der Waals surface area contributed by atoms with Crippen LogP contribution in [0.4, 0.5) is 5.69 Å². The number of benzene rings is 4. The lowest BCUT2D eigenvalue weighted by atomic mass is 9.96. The van der Waals surface area contributed by atoms with Gasteiger partial charge < -0.3 is 21.5 Å². The Morgan fingerprint density at radius 2 is 1.62 bits per heavy atom. The number of hydrogen-bond acceptors (Lipinski definition) is 5. The van der Waals surface area contributed by atoms with Crippen molar-refractivity contribution in [2.24, 2.45) is 0 Å². The highest BCUT2D eigenvalue weighted by atomic mass is 32.2. The van der Waals surface area contributed by atoms with E-state index in [1.165, 1.54) is 0 Å². The first-order valence-electron chi connectivity index (χ1n) is 13.8. The molecule has 2 atom stereocenters. The number of fused-ring (bicyclic) bond motifs is 1. The topological polar surface area (TPSA) is 104 Å². The summed E-state index contributed by atoms with van der Waals surface area (Å²) in [7, 11) is 0. The molecule has 4 rings (SSSR count). The van der Waals surface area contributed by atoms with Gasteiger partial charge in [0.1, 0.15) is 0 Å². The van der Waals surface area contributed by atoms with Crippen molar-refractivity contribution in [3.05, 3.63) is 107 Å². The third-order valence-corrected chi connectivity index (χ3v) is 7.80. The number of nitrogens with two attached hydrogens (primary N) is 1. The molecular weight excluding hydrogens is 518 g/mol. The van der Waals surface area contributed by atoms with Gasteiger partial charge in [-0.1, -0.05) is 54.6 Å². The lowest BCUT2D eigenvalue weighted by Gasteiger charge is -2.26. The van der Waals surface area contributed by atoms with Gasteiger partial charge in [-0.05, 0) is 79.9 Å². The van der Waals surface area contributed by atoms with E-state index in [0.717, 1.165) is 15.7 Å². The third kappa shape index (κ3) is 7.43. The van der Waals surface area contributed by atoms with Crippen LogP contribution in [0.2, 0.25) is 1.41 Å². The highest BCUT2D eigenvalue weighted by Crippen LogP contribution is 2.26. The van der Waals surface area contributed by atoms with Crippen LogP contribution < -0.4 is 16.4 Å². The molecule has 0 radical (unpaired) electrons. The van der Waals surface area contributed by atoms with Gasteiger partial charge in [-0.3, -0.25) is 9.59 Å². The average Bonchev–Trinajstić information content (AvgIpc) is 2.94. The van der Waals surface area contributed by atoms with Gasteiger partial charge in [0.15, 0.2) is 1.41 Å². The van der Waals surface area contributed by atoms with Crippen molar-refractivity contribution in [2.75, 3.05) is 11.5 Å². The number of aliphatic hydroxyl groups excluding tert-OH is 1. The molecule has 40 heavy (non-hydrogen) atoms. The van der Waals surface area contributed by atoms with Crippen molar-refractivity contribution in [1.82, 2.24) is 10.6 Å². The van der Waals surface area contributed by atoms with Gasteiger partial charge in [0.25, 0.3) is 11.8 Å². The fourth-order valence-electron chi connectivity index (χ4n) is 4.52. The molecule has 0 aliphatic heterocycles. The van der Waals surface area contributed by atoms with Gasteiger partial charge in [0, 0.05) is 39.4 Å². The Labute approximate surface area is 241 Å². The molecular formula is C33H37N3O3S. The van der Waals surface area contributed by atoms with Gasteiger partial charge in [-0.2, -0.15) is 0 Å². The Morgan fingerprint density at radius 1 is 0.925 bits per heavy atom. The fraction of sp³-hybridized carbons (Fsp3) is 0.273. The zero-order chi connectivity index (χ0) is 29.6. The predicted molar refractivity (Wildman–Crippen MR) is 165 cm³/mol. The Morgan fingerprint density at radius 3 is 2.38 bits per heavy atom. The van der Waals surface area contributed by atoms with Crippen LogP contribution in [0.5, 0.6) is 0 Å². The first-order chi connectivity index (χ1) is 19.6. The van der Waals surface area contributed by atoms with E-state index in [4.69, 9.17) is 1.41 Å². The van der Waals surface area contributed by atoms with E-state index >= 15 is 0 Å². The molecule has 0 spiro atoms. The van der Waals surface area contributed by atoms with Crippen LogP contribution in [-0.4, -0.2) is 40.4 Å². The fourth-order valence-corrected chi connectivity index (χ4v) is 5.57. The molecule has 208 valence electrons. The number of carbonyl (C=O) groups is 2. The SMILES string of the molecule is [2H]Nc1cccc(C(=O)N[C@@H](CSc2ccc3ccccc3c2)[C@H](O)Cc2ccccc2C(=O)NC(C)(C)C)c1C. The number of rotatable bonds is 10. The van der Waals surface area contributed by atoms with E-state index in [2.05, 4.69) is 40.6 Å². The maximum Gasteiger partial charge on any atom is 0.251 e. The summed E-state index contributed by atoms with van der Waals surface area (Å²) >= 11 is 1.55. The van der Waals surface area contributed by atoms with Gasteiger partial charge in [0.2, 0.25) is 0 Å². The van der Waals surface area contributed by atoms with Crippen molar-refractivity contribution < 1.29 is 16.1 Å². The number of nitrogens with one attached hydrogen (secondary N) is 2. The van der Waals surface area contributed by atoms with Crippen LogP contribution in [0.3, 0.4) is 0 Å². The summed E-state index contributed by atoms with van der Waals surface area (Å²) in [6, 6.07) is 26.1. The normalized spacial score (nSPS) is 13.3. The van der Waals surface area contributed by atoms with Crippen molar-refractivity contribution >= 4 is 40.0 Å². The molecule has 0 aliphatic rings. The zero-order valence-electron chi connectivity index (χ0n) is 24.3. The summed E-state index contributed by atoms with van der Waals surface area (Å²) in [6.45, 7) is 7.55. The maximum absolute atomic E-state index is 13.4. The number of amides is 2. The monoisotopic (exact) mass is 556 g/mol. The van der Waals surface area contributed by atoms with Crippen LogP contribution in [0.1, 0.15) is 52.6 Å². The molecule has 7 heteroatoms. The van der Waals surface area contributed by atoms with Crippen LogP contribution in [0.25, 0.3) is 10.8 Å². The summed E-state index contributed by atoms with van der Waals surface area (Å²) in [4.78, 5) is 27.5. The summed E-state index contributed by atoms with van der Waals surface area (Å²) in [5, 5.41) is 19.8. The van der Waals surface area contributed by atoms with Crippen LogP contribution in [0, 0.1) is 6.92 Å². The standard InChI is InChI=1S/C33H37N3O3S/c1-21-26(14-9-15-28(21)34)31(38)35-29(20-40-25-17-16-22-10-5-6-11-23(22)18-25)30(37)19-24-12-7-8-13-27(24)32(39)36-33(2,3)4/h5-18,29-30,37H,19-20,34H2,1-4H3,(H,35,38)(H,36,39)/t29-,30+/m0/s1/i/hD. The Bertz CT molecular complexity index is 1540. The molecule has 0 bridgehead atoms. The second-order valence-corrected chi connectivity index (χ2v) is 12.1. The first-order valence-corrected chi connectivity index (χ1v) is 14.3. The van der Waals surface area contributed by atoms with E-state index < -0.39 is 17.7 Å². The Hall–Kier alpha value is -3.81. The van der Waals surface area contributed by atoms with Crippen LogP contribution in [-0.2, 0) is 6.42 Å². The van der Waals surface area contributed by atoms with E-state index in [0.29, 0.717) is 33.7 Å². The zero-order valence-corrected chi connectivity index (χ0v) is 24.1. The summed E-state index contributed by atoms with van der Waals surface area (Å²) < 4.78 is 7.53. The van der Waals surface area contributed by atoms with Gasteiger partial charge in [-0.15, -0.1) is 11.8 Å². The van der Waals surface area contributed by atoms with Gasteiger partial charge >= 0.3 is 0 Å². The minimum Gasteiger partial charge on any atom is -0.398 e. The second kappa shape index (κ2) is 12.6.